The Hall–Kier alpha value is -0.990. The van der Waals surface area contributed by atoms with E-state index in [2.05, 4.69) is 0 Å². The molecule has 0 fully saturated rings. The van der Waals surface area contributed by atoms with Crippen LogP contribution in [0.1, 0.15) is 12.5 Å². The van der Waals surface area contributed by atoms with Crippen LogP contribution < -0.4 is 5.32 Å². The van der Waals surface area contributed by atoms with Crippen LogP contribution in [0.15, 0.2) is 30.3 Å². The first kappa shape index (κ1) is 16.1. The summed E-state index contributed by atoms with van der Waals surface area (Å²) in [5.74, 6) is 0. The number of carbonyl (C=O) groups is 1. The molecule has 1 aromatic carbocycles. The molecular formula is C12H13F3INO2. The van der Waals surface area contributed by atoms with Crippen molar-refractivity contribution in [1.29, 1.82) is 0 Å². The van der Waals surface area contributed by atoms with Gasteiger partial charge in [-0.05, 0) is 5.56 Å². The Morgan fingerprint density at radius 2 is 1.95 bits per heavy atom. The standard InChI is InChI=1S/C12H13F3INO2/c1-8(16)10(12(13,14)15)17-11(18)19-7-9-5-3-2-4-6-9/h2-6,8,10H,7H2,1H3,(H,17,18). The lowest BCUT2D eigenvalue weighted by molar-refractivity contribution is -0.152. The number of alkyl carbamates (subject to hydrolysis) is 1. The second kappa shape index (κ2) is 6.97. The summed E-state index contributed by atoms with van der Waals surface area (Å²) in [6, 6.07) is 6.81. The summed E-state index contributed by atoms with van der Waals surface area (Å²) < 4.78 is 41.8. The Labute approximate surface area is 122 Å². The molecule has 1 N–H and O–H groups in total. The molecule has 1 aromatic rings. The van der Waals surface area contributed by atoms with E-state index in [4.69, 9.17) is 4.74 Å². The number of carbonyl (C=O) groups excluding carboxylic acids is 1. The average Bonchev–Trinajstić information content (AvgIpc) is 2.33. The molecular weight excluding hydrogens is 374 g/mol. The van der Waals surface area contributed by atoms with Gasteiger partial charge in [0.15, 0.2) is 0 Å². The lowest BCUT2D eigenvalue weighted by Gasteiger charge is -2.23. The van der Waals surface area contributed by atoms with Crippen molar-refractivity contribution in [3.63, 3.8) is 0 Å². The van der Waals surface area contributed by atoms with Gasteiger partial charge < -0.3 is 10.1 Å². The number of hydrogen-bond acceptors (Lipinski definition) is 2. The second-order valence-electron chi connectivity index (χ2n) is 3.90. The van der Waals surface area contributed by atoms with Gasteiger partial charge in [-0.15, -0.1) is 0 Å². The molecule has 7 heteroatoms. The number of hydrogen-bond donors (Lipinski definition) is 1. The van der Waals surface area contributed by atoms with E-state index in [9.17, 15) is 18.0 Å². The van der Waals surface area contributed by atoms with Crippen LogP contribution in [0.5, 0.6) is 0 Å². The molecule has 106 valence electrons. The van der Waals surface area contributed by atoms with E-state index in [-0.39, 0.29) is 6.61 Å². The van der Waals surface area contributed by atoms with E-state index < -0.39 is 22.2 Å². The molecule has 0 heterocycles. The van der Waals surface area contributed by atoms with Gasteiger partial charge in [-0.3, -0.25) is 0 Å². The quantitative estimate of drug-likeness (QED) is 0.633. The van der Waals surface area contributed by atoms with Crippen LogP contribution in [0.2, 0.25) is 0 Å². The maximum absolute atomic E-state index is 12.6. The molecule has 0 saturated heterocycles. The van der Waals surface area contributed by atoms with Crippen LogP contribution in [-0.2, 0) is 11.3 Å². The molecule has 1 amide bonds. The Morgan fingerprint density at radius 3 is 2.42 bits per heavy atom. The number of benzene rings is 1. The Kier molecular flexibility index (Phi) is 5.89. The van der Waals surface area contributed by atoms with E-state index in [1.165, 1.54) is 6.92 Å². The summed E-state index contributed by atoms with van der Waals surface area (Å²) in [5, 5.41) is 1.83. The first-order chi connectivity index (χ1) is 8.80. The van der Waals surface area contributed by atoms with Gasteiger partial charge in [0, 0.05) is 3.92 Å². The maximum Gasteiger partial charge on any atom is 0.409 e. The number of nitrogens with one attached hydrogen (secondary N) is 1. The molecule has 1 rings (SSSR count). The fraction of sp³-hybridized carbons (Fsp3) is 0.417. The van der Waals surface area contributed by atoms with Gasteiger partial charge >= 0.3 is 12.3 Å². The Balaban J connectivity index is 2.50. The zero-order valence-corrected chi connectivity index (χ0v) is 12.2. The fourth-order valence-electron chi connectivity index (χ4n) is 1.35. The van der Waals surface area contributed by atoms with Crippen molar-refractivity contribution in [3.8, 4) is 0 Å². The van der Waals surface area contributed by atoms with E-state index in [1.54, 1.807) is 52.9 Å². The topological polar surface area (TPSA) is 38.3 Å². The second-order valence-corrected chi connectivity index (χ2v) is 5.87. The highest BCUT2D eigenvalue weighted by molar-refractivity contribution is 14.1. The van der Waals surface area contributed by atoms with E-state index in [0.717, 1.165) is 0 Å². The van der Waals surface area contributed by atoms with Crippen molar-refractivity contribution in [2.24, 2.45) is 0 Å². The minimum atomic E-state index is -4.49. The Bertz CT molecular complexity index is 409. The summed E-state index contributed by atoms with van der Waals surface area (Å²) in [7, 11) is 0. The van der Waals surface area contributed by atoms with Crippen molar-refractivity contribution in [2.75, 3.05) is 0 Å². The minimum absolute atomic E-state index is 0.0626. The van der Waals surface area contributed by atoms with Gasteiger partial charge in [-0.25, -0.2) is 4.79 Å². The first-order valence-electron chi connectivity index (χ1n) is 5.48. The van der Waals surface area contributed by atoms with Crippen LogP contribution in [0.4, 0.5) is 18.0 Å². The van der Waals surface area contributed by atoms with Crippen LogP contribution in [0, 0.1) is 0 Å². The van der Waals surface area contributed by atoms with Crippen molar-refractivity contribution >= 4 is 28.7 Å². The summed E-state index contributed by atoms with van der Waals surface area (Å²) >= 11 is 1.61. The third kappa shape index (κ3) is 5.66. The lowest BCUT2D eigenvalue weighted by Crippen LogP contribution is -2.50. The molecule has 0 aliphatic rings. The summed E-state index contributed by atoms with van der Waals surface area (Å²) in [6.07, 6.45) is -5.57. The van der Waals surface area contributed by atoms with Gasteiger partial charge in [0.25, 0.3) is 0 Å². The van der Waals surface area contributed by atoms with Crippen molar-refractivity contribution in [2.45, 2.75) is 29.7 Å². The van der Waals surface area contributed by atoms with Crippen LogP contribution in [-0.4, -0.2) is 22.2 Å². The fourth-order valence-corrected chi connectivity index (χ4v) is 1.94. The largest absolute Gasteiger partial charge is 0.445 e. The van der Waals surface area contributed by atoms with Gasteiger partial charge in [0.05, 0.1) is 0 Å². The van der Waals surface area contributed by atoms with Crippen molar-refractivity contribution in [3.05, 3.63) is 35.9 Å². The summed E-state index contributed by atoms with van der Waals surface area (Å²) in [6.45, 7) is 1.31. The molecule has 19 heavy (non-hydrogen) atoms. The number of ether oxygens (including phenoxy) is 1. The van der Waals surface area contributed by atoms with Crippen LogP contribution in [0.3, 0.4) is 0 Å². The monoisotopic (exact) mass is 387 g/mol. The molecule has 0 aliphatic carbocycles. The van der Waals surface area contributed by atoms with Gasteiger partial charge in [-0.2, -0.15) is 13.2 Å². The molecule has 0 spiro atoms. The molecule has 2 atom stereocenters. The summed E-state index contributed by atoms with van der Waals surface area (Å²) in [5.41, 5.74) is 0.712. The maximum atomic E-state index is 12.6. The van der Waals surface area contributed by atoms with E-state index >= 15 is 0 Å². The van der Waals surface area contributed by atoms with E-state index in [1.807, 2.05) is 5.32 Å². The number of rotatable bonds is 4. The molecule has 2 unspecified atom stereocenters. The zero-order chi connectivity index (χ0) is 14.5. The summed E-state index contributed by atoms with van der Waals surface area (Å²) in [4.78, 5) is 11.3. The third-order valence-corrected chi connectivity index (χ3v) is 3.02. The predicted molar refractivity (Wildman–Crippen MR) is 73.1 cm³/mol. The van der Waals surface area contributed by atoms with Gasteiger partial charge in [-0.1, -0.05) is 59.8 Å². The molecule has 0 aromatic heterocycles. The lowest BCUT2D eigenvalue weighted by atomic mass is 10.2. The van der Waals surface area contributed by atoms with Crippen LogP contribution >= 0.6 is 22.6 Å². The third-order valence-electron chi connectivity index (χ3n) is 2.30. The molecule has 0 aliphatic heterocycles. The zero-order valence-electron chi connectivity index (χ0n) is 10.1. The number of amides is 1. The van der Waals surface area contributed by atoms with Crippen molar-refractivity contribution in [1.82, 2.24) is 5.32 Å². The van der Waals surface area contributed by atoms with Gasteiger partial charge in [0.1, 0.15) is 12.6 Å². The highest BCUT2D eigenvalue weighted by Crippen LogP contribution is 2.26. The molecule has 3 nitrogen and oxygen atoms in total. The highest BCUT2D eigenvalue weighted by atomic mass is 127. The van der Waals surface area contributed by atoms with E-state index in [0.29, 0.717) is 5.56 Å². The predicted octanol–water partition coefficient (Wildman–Crippen LogP) is 3.67. The van der Waals surface area contributed by atoms with Gasteiger partial charge in [0.2, 0.25) is 0 Å². The van der Waals surface area contributed by atoms with Crippen LogP contribution in [0.25, 0.3) is 0 Å². The molecule has 0 radical (unpaired) electrons. The SMILES string of the molecule is CC(I)C(NC(=O)OCc1ccccc1)C(F)(F)F. The highest BCUT2D eigenvalue weighted by Gasteiger charge is 2.43. The average molecular weight is 387 g/mol. The smallest absolute Gasteiger partial charge is 0.409 e. The first-order valence-corrected chi connectivity index (χ1v) is 6.73. The number of alkyl halides is 4. The minimum Gasteiger partial charge on any atom is -0.445 e. The number of halogens is 4. The van der Waals surface area contributed by atoms with Crippen molar-refractivity contribution < 1.29 is 22.7 Å². The Morgan fingerprint density at radius 1 is 1.37 bits per heavy atom. The normalized spacial score (nSPS) is 14.6. The molecule has 0 bridgehead atoms. The molecule has 0 saturated carbocycles.